The molecule has 0 fully saturated rings. The number of nitrogens with one attached hydrogen (secondary N) is 2. The summed E-state index contributed by atoms with van der Waals surface area (Å²) in [6.45, 7) is 5.19. The highest BCUT2D eigenvalue weighted by atomic mass is 16.6. The summed E-state index contributed by atoms with van der Waals surface area (Å²) < 4.78 is 15.9. The molecule has 9 heteroatoms. The standard InChI is InChI=1S/C27H34N2O7/c1-27(2,3)36-26(33)29-22(14-15-24(31)34-17-20-8-6-5-7-9-20)25(32)35-18-21-12-10-19(11-13-21)16-23(30)28-4/h5-13,22H,14-18H2,1-4H3,(H,28,30)(H,29,33)/t22-/m0/s1. The zero-order valence-corrected chi connectivity index (χ0v) is 21.2. The maximum absolute atomic E-state index is 12.8. The van der Waals surface area contributed by atoms with Crippen molar-refractivity contribution in [1.82, 2.24) is 10.6 Å². The van der Waals surface area contributed by atoms with Gasteiger partial charge in [0.05, 0.1) is 6.42 Å². The van der Waals surface area contributed by atoms with E-state index in [-0.39, 0.29) is 38.4 Å². The molecule has 0 radical (unpaired) electrons. The molecule has 2 N–H and O–H groups in total. The molecule has 0 heterocycles. The van der Waals surface area contributed by atoms with E-state index in [4.69, 9.17) is 14.2 Å². The van der Waals surface area contributed by atoms with Gasteiger partial charge in [0.15, 0.2) is 0 Å². The van der Waals surface area contributed by atoms with Gasteiger partial charge in [-0.1, -0.05) is 54.6 Å². The molecule has 2 amide bonds. The van der Waals surface area contributed by atoms with Crippen LogP contribution in [0.3, 0.4) is 0 Å². The van der Waals surface area contributed by atoms with Crippen molar-refractivity contribution in [3.63, 3.8) is 0 Å². The van der Waals surface area contributed by atoms with Gasteiger partial charge in [-0.15, -0.1) is 0 Å². The first-order chi connectivity index (χ1) is 17.1. The van der Waals surface area contributed by atoms with Gasteiger partial charge in [0.2, 0.25) is 5.91 Å². The Morgan fingerprint density at radius 2 is 1.42 bits per heavy atom. The fraction of sp³-hybridized carbons (Fsp3) is 0.407. The first-order valence-electron chi connectivity index (χ1n) is 11.7. The van der Waals surface area contributed by atoms with Crippen LogP contribution in [0.1, 0.15) is 50.3 Å². The third kappa shape index (κ3) is 11.0. The molecule has 0 saturated carbocycles. The molecule has 0 unspecified atom stereocenters. The van der Waals surface area contributed by atoms with Crippen LogP contribution >= 0.6 is 0 Å². The average Bonchev–Trinajstić information content (AvgIpc) is 2.84. The Morgan fingerprint density at radius 3 is 2.03 bits per heavy atom. The highest BCUT2D eigenvalue weighted by Gasteiger charge is 2.26. The Balaban J connectivity index is 1.94. The molecule has 2 aromatic rings. The second-order valence-electron chi connectivity index (χ2n) is 9.16. The lowest BCUT2D eigenvalue weighted by atomic mass is 10.1. The SMILES string of the molecule is CNC(=O)Cc1ccc(COC(=O)[C@H](CCC(=O)OCc2ccccc2)NC(=O)OC(C)(C)C)cc1. The van der Waals surface area contributed by atoms with Crippen LogP contribution in [0.15, 0.2) is 54.6 Å². The summed E-state index contributed by atoms with van der Waals surface area (Å²) in [5, 5.41) is 5.05. The molecule has 1 atom stereocenters. The van der Waals surface area contributed by atoms with Crippen molar-refractivity contribution in [2.45, 2.75) is 64.9 Å². The highest BCUT2D eigenvalue weighted by molar-refractivity contribution is 5.82. The van der Waals surface area contributed by atoms with Crippen LogP contribution in [0, 0.1) is 0 Å². The largest absolute Gasteiger partial charge is 0.461 e. The van der Waals surface area contributed by atoms with Gasteiger partial charge in [-0.05, 0) is 43.9 Å². The fourth-order valence-electron chi connectivity index (χ4n) is 3.05. The van der Waals surface area contributed by atoms with Crippen LogP contribution in [0.5, 0.6) is 0 Å². The van der Waals surface area contributed by atoms with Gasteiger partial charge in [-0.2, -0.15) is 0 Å². The molecule has 0 saturated heterocycles. The number of amides is 2. The fourth-order valence-corrected chi connectivity index (χ4v) is 3.05. The third-order valence-electron chi connectivity index (χ3n) is 4.90. The van der Waals surface area contributed by atoms with Crippen LogP contribution in [0.25, 0.3) is 0 Å². The van der Waals surface area contributed by atoms with Crippen molar-refractivity contribution in [2.24, 2.45) is 0 Å². The number of carbonyl (C=O) groups excluding carboxylic acids is 4. The highest BCUT2D eigenvalue weighted by Crippen LogP contribution is 2.12. The molecule has 194 valence electrons. The van der Waals surface area contributed by atoms with Crippen molar-refractivity contribution >= 4 is 23.9 Å². The first-order valence-corrected chi connectivity index (χ1v) is 11.7. The van der Waals surface area contributed by atoms with E-state index in [0.717, 1.165) is 11.1 Å². The molecule has 2 aromatic carbocycles. The summed E-state index contributed by atoms with van der Waals surface area (Å²) in [5.41, 5.74) is 1.61. The lowest BCUT2D eigenvalue weighted by molar-refractivity contribution is -0.149. The normalized spacial score (nSPS) is 11.7. The molecular weight excluding hydrogens is 464 g/mol. The summed E-state index contributed by atoms with van der Waals surface area (Å²) in [6, 6.07) is 15.2. The van der Waals surface area contributed by atoms with E-state index in [9.17, 15) is 19.2 Å². The quantitative estimate of drug-likeness (QED) is 0.360. The number of hydrogen-bond donors (Lipinski definition) is 2. The second kappa shape index (κ2) is 13.9. The summed E-state index contributed by atoms with van der Waals surface area (Å²) in [4.78, 5) is 48.7. The van der Waals surface area contributed by atoms with Crippen LogP contribution in [-0.2, 0) is 48.2 Å². The Labute approximate surface area is 211 Å². The second-order valence-corrected chi connectivity index (χ2v) is 9.16. The van der Waals surface area contributed by atoms with Gasteiger partial charge in [-0.25, -0.2) is 9.59 Å². The van der Waals surface area contributed by atoms with E-state index in [2.05, 4.69) is 10.6 Å². The average molecular weight is 499 g/mol. The van der Waals surface area contributed by atoms with E-state index in [1.54, 1.807) is 52.1 Å². The summed E-state index contributed by atoms with van der Waals surface area (Å²) in [6.07, 6.45) is -0.660. The van der Waals surface area contributed by atoms with E-state index in [1.165, 1.54) is 0 Å². The van der Waals surface area contributed by atoms with Crippen LogP contribution in [0.2, 0.25) is 0 Å². The van der Waals surface area contributed by atoms with Crippen molar-refractivity contribution in [3.8, 4) is 0 Å². The van der Waals surface area contributed by atoms with E-state index in [1.807, 2.05) is 30.3 Å². The number of alkyl carbamates (subject to hydrolysis) is 1. The zero-order valence-electron chi connectivity index (χ0n) is 21.2. The van der Waals surface area contributed by atoms with Gasteiger partial charge in [-0.3, -0.25) is 9.59 Å². The van der Waals surface area contributed by atoms with Crippen molar-refractivity contribution < 1.29 is 33.4 Å². The minimum Gasteiger partial charge on any atom is -0.461 e. The topological polar surface area (TPSA) is 120 Å². The lowest BCUT2D eigenvalue weighted by Gasteiger charge is -2.23. The molecule has 0 aliphatic carbocycles. The predicted molar refractivity (Wildman–Crippen MR) is 133 cm³/mol. The molecular formula is C27H34N2O7. The Morgan fingerprint density at radius 1 is 0.833 bits per heavy atom. The van der Waals surface area contributed by atoms with Gasteiger partial charge in [0.25, 0.3) is 0 Å². The number of ether oxygens (including phenoxy) is 3. The molecule has 0 aliphatic heterocycles. The Kier molecular flexibility index (Phi) is 10.9. The van der Waals surface area contributed by atoms with Crippen LogP contribution in [0.4, 0.5) is 4.79 Å². The first kappa shape index (κ1) is 28.4. The number of hydrogen-bond acceptors (Lipinski definition) is 7. The molecule has 2 rings (SSSR count). The van der Waals surface area contributed by atoms with E-state index >= 15 is 0 Å². The molecule has 0 aliphatic rings. The van der Waals surface area contributed by atoms with E-state index < -0.39 is 29.7 Å². The number of likely N-dealkylation sites (N-methyl/N-ethyl adjacent to an activating group) is 1. The van der Waals surface area contributed by atoms with Gasteiger partial charge in [0, 0.05) is 13.5 Å². The number of carbonyl (C=O) groups is 4. The minimum absolute atomic E-state index is 0.0171. The molecule has 0 aromatic heterocycles. The number of rotatable bonds is 11. The van der Waals surface area contributed by atoms with Crippen molar-refractivity contribution in [2.75, 3.05) is 7.05 Å². The van der Waals surface area contributed by atoms with Crippen LogP contribution < -0.4 is 10.6 Å². The van der Waals surface area contributed by atoms with Crippen LogP contribution in [-0.4, -0.2) is 42.6 Å². The molecule has 0 bridgehead atoms. The maximum Gasteiger partial charge on any atom is 0.408 e. The summed E-state index contributed by atoms with van der Waals surface area (Å²) in [7, 11) is 1.57. The lowest BCUT2D eigenvalue weighted by Crippen LogP contribution is -2.44. The molecule has 9 nitrogen and oxygen atoms in total. The Hall–Kier alpha value is -3.88. The third-order valence-corrected chi connectivity index (χ3v) is 4.90. The van der Waals surface area contributed by atoms with Gasteiger partial charge in [0.1, 0.15) is 24.9 Å². The molecule has 0 spiro atoms. The molecule has 36 heavy (non-hydrogen) atoms. The minimum atomic E-state index is -1.10. The summed E-state index contributed by atoms with van der Waals surface area (Å²) in [5.74, 6) is -1.31. The van der Waals surface area contributed by atoms with Gasteiger partial charge >= 0.3 is 18.0 Å². The smallest absolute Gasteiger partial charge is 0.408 e. The van der Waals surface area contributed by atoms with Crippen molar-refractivity contribution in [1.29, 1.82) is 0 Å². The monoisotopic (exact) mass is 498 g/mol. The number of esters is 2. The Bertz CT molecular complexity index is 1010. The predicted octanol–water partition coefficient (Wildman–Crippen LogP) is 3.44. The summed E-state index contributed by atoms with van der Waals surface area (Å²) >= 11 is 0. The van der Waals surface area contributed by atoms with E-state index in [0.29, 0.717) is 5.56 Å². The van der Waals surface area contributed by atoms with Crippen molar-refractivity contribution in [3.05, 3.63) is 71.3 Å². The zero-order chi connectivity index (χ0) is 26.6. The van der Waals surface area contributed by atoms with Gasteiger partial charge < -0.3 is 24.8 Å². The maximum atomic E-state index is 12.8. The number of benzene rings is 2.